The molecule has 0 radical (unpaired) electrons. The lowest BCUT2D eigenvalue weighted by atomic mass is 10.0. The Kier molecular flexibility index (Phi) is 6.95. The second-order valence-corrected chi connectivity index (χ2v) is 8.59. The number of nitrogens with one attached hydrogen (secondary N) is 1. The molecule has 146 valence electrons. The van der Waals surface area contributed by atoms with Gasteiger partial charge in [-0.1, -0.05) is 31.7 Å². The molecule has 0 aliphatic heterocycles. The van der Waals surface area contributed by atoms with E-state index in [1.54, 1.807) is 18.4 Å². The number of furan rings is 1. The summed E-state index contributed by atoms with van der Waals surface area (Å²) in [6.45, 7) is 8.55. The molecule has 0 saturated heterocycles. The minimum absolute atomic E-state index is 0.0826. The standard InChI is InChI=1S/C20H21IN4O2S/c1-4-9-25-19(17-6-5-10-27-17)23-24-20(25)28-12-18(26)22-16-8-7-14(21)11-15(16)13(2)3/h4-8,10-11,13H,1,9,12H2,2-3H3,(H,22,26). The minimum Gasteiger partial charge on any atom is -0.461 e. The molecule has 1 N–H and O–H groups in total. The molecule has 0 bridgehead atoms. The van der Waals surface area contributed by atoms with Gasteiger partial charge in [-0.2, -0.15) is 0 Å². The molecule has 6 nitrogen and oxygen atoms in total. The van der Waals surface area contributed by atoms with Crippen LogP contribution in [0.4, 0.5) is 5.69 Å². The number of nitrogens with zero attached hydrogens (tertiary/aromatic N) is 3. The molecule has 0 atom stereocenters. The zero-order chi connectivity index (χ0) is 20.1. The Hall–Kier alpha value is -2.07. The molecule has 2 aromatic heterocycles. The van der Waals surface area contributed by atoms with Crippen LogP contribution in [0, 0.1) is 3.57 Å². The lowest BCUT2D eigenvalue weighted by molar-refractivity contribution is -0.113. The molecule has 0 aliphatic rings. The summed E-state index contributed by atoms with van der Waals surface area (Å²) >= 11 is 3.62. The quantitative estimate of drug-likeness (QED) is 0.258. The van der Waals surface area contributed by atoms with Crippen LogP contribution in [0.5, 0.6) is 0 Å². The predicted molar refractivity (Wildman–Crippen MR) is 121 cm³/mol. The van der Waals surface area contributed by atoms with E-state index in [1.165, 1.54) is 11.8 Å². The van der Waals surface area contributed by atoms with Crippen LogP contribution in [0.15, 0.2) is 58.8 Å². The van der Waals surface area contributed by atoms with Crippen LogP contribution >= 0.6 is 34.4 Å². The van der Waals surface area contributed by atoms with E-state index < -0.39 is 0 Å². The number of amides is 1. The second kappa shape index (κ2) is 9.42. The maximum absolute atomic E-state index is 12.5. The van der Waals surface area contributed by atoms with Gasteiger partial charge >= 0.3 is 0 Å². The summed E-state index contributed by atoms with van der Waals surface area (Å²) in [7, 11) is 0. The van der Waals surface area contributed by atoms with E-state index in [9.17, 15) is 4.79 Å². The fourth-order valence-corrected chi connectivity index (χ4v) is 3.98. The first-order chi connectivity index (χ1) is 13.5. The van der Waals surface area contributed by atoms with Gasteiger partial charge in [0.1, 0.15) is 0 Å². The Morgan fingerprint density at radius 2 is 2.21 bits per heavy atom. The number of thioether (sulfide) groups is 1. The van der Waals surface area contributed by atoms with Gasteiger partial charge in [-0.05, 0) is 64.4 Å². The molecule has 0 unspecified atom stereocenters. The second-order valence-electron chi connectivity index (χ2n) is 6.41. The summed E-state index contributed by atoms with van der Waals surface area (Å²) in [5, 5.41) is 12.1. The van der Waals surface area contributed by atoms with Gasteiger partial charge in [0.05, 0.1) is 12.0 Å². The van der Waals surface area contributed by atoms with E-state index >= 15 is 0 Å². The topological polar surface area (TPSA) is 73.0 Å². The molecular formula is C20H21IN4O2S. The van der Waals surface area contributed by atoms with Gasteiger partial charge in [0.2, 0.25) is 11.7 Å². The van der Waals surface area contributed by atoms with Crippen LogP contribution in [0.2, 0.25) is 0 Å². The Bertz CT molecular complexity index is 967. The normalized spacial score (nSPS) is 11.0. The van der Waals surface area contributed by atoms with Crippen molar-refractivity contribution >= 4 is 45.9 Å². The number of hydrogen-bond donors (Lipinski definition) is 1. The van der Waals surface area contributed by atoms with E-state index in [-0.39, 0.29) is 11.7 Å². The van der Waals surface area contributed by atoms with Gasteiger partial charge in [-0.15, -0.1) is 16.8 Å². The fourth-order valence-electron chi connectivity index (χ4n) is 2.72. The van der Waals surface area contributed by atoms with Crippen molar-refractivity contribution in [2.45, 2.75) is 31.5 Å². The number of halogens is 1. The molecule has 3 aromatic rings. The summed E-state index contributed by atoms with van der Waals surface area (Å²) in [5.74, 6) is 1.72. The third kappa shape index (κ3) is 4.85. The summed E-state index contributed by atoms with van der Waals surface area (Å²) in [5.41, 5.74) is 1.98. The number of allylic oxidation sites excluding steroid dienone is 1. The SMILES string of the molecule is C=CCn1c(SCC(=O)Nc2ccc(I)cc2C(C)C)nnc1-c1ccco1. The molecule has 1 amide bonds. The van der Waals surface area contributed by atoms with E-state index in [0.717, 1.165) is 14.8 Å². The van der Waals surface area contributed by atoms with Gasteiger partial charge < -0.3 is 9.73 Å². The third-order valence-corrected chi connectivity index (χ3v) is 5.65. The van der Waals surface area contributed by atoms with Crippen LogP contribution in [-0.2, 0) is 11.3 Å². The van der Waals surface area contributed by atoms with E-state index in [2.05, 4.69) is 64.6 Å². The average Bonchev–Trinajstić information content (AvgIpc) is 3.31. The van der Waals surface area contributed by atoms with Crippen LogP contribution < -0.4 is 5.32 Å². The lowest BCUT2D eigenvalue weighted by Gasteiger charge is -2.14. The molecule has 2 heterocycles. The highest BCUT2D eigenvalue weighted by Crippen LogP contribution is 2.27. The first kappa shape index (κ1) is 20.7. The summed E-state index contributed by atoms with van der Waals surface area (Å²) < 4.78 is 8.46. The number of anilines is 1. The summed E-state index contributed by atoms with van der Waals surface area (Å²) in [6.07, 6.45) is 3.36. The summed E-state index contributed by atoms with van der Waals surface area (Å²) in [6, 6.07) is 9.68. The number of hydrogen-bond acceptors (Lipinski definition) is 5. The van der Waals surface area contributed by atoms with Crippen LogP contribution in [0.1, 0.15) is 25.3 Å². The van der Waals surface area contributed by atoms with Gasteiger partial charge in [0.15, 0.2) is 10.9 Å². The monoisotopic (exact) mass is 508 g/mol. The maximum Gasteiger partial charge on any atom is 0.234 e. The molecule has 3 rings (SSSR count). The molecular weight excluding hydrogens is 487 g/mol. The molecule has 0 saturated carbocycles. The van der Waals surface area contributed by atoms with E-state index in [1.807, 2.05) is 22.8 Å². The van der Waals surface area contributed by atoms with E-state index in [4.69, 9.17) is 4.42 Å². The maximum atomic E-state index is 12.5. The van der Waals surface area contributed by atoms with Crippen molar-refractivity contribution in [1.29, 1.82) is 0 Å². The van der Waals surface area contributed by atoms with Crippen molar-refractivity contribution in [3.8, 4) is 11.6 Å². The Morgan fingerprint density at radius 1 is 1.39 bits per heavy atom. The lowest BCUT2D eigenvalue weighted by Crippen LogP contribution is -2.16. The van der Waals surface area contributed by atoms with Gasteiger partial charge in [0, 0.05) is 15.8 Å². The van der Waals surface area contributed by atoms with Crippen LogP contribution in [0.25, 0.3) is 11.6 Å². The number of benzene rings is 1. The molecule has 0 aliphatic carbocycles. The number of aromatic nitrogens is 3. The van der Waals surface area contributed by atoms with Crippen molar-refractivity contribution in [3.05, 3.63) is 58.4 Å². The van der Waals surface area contributed by atoms with Crippen molar-refractivity contribution in [1.82, 2.24) is 14.8 Å². The van der Waals surface area contributed by atoms with Crippen molar-refractivity contribution < 1.29 is 9.21 Å². The predicted octanol–water partition coefficient (Wildman–Crippen LogP) is 5.18. The van der Waals surface area contributed by atoms with Gasteiger partial charge in [-0.3, -0.25) is 9.36 Å². The summed E-state index contributed by atoms with van der Waals surface area (Å²) in [4.78, 5) is 12.5. The first-order valence-electron chi connectivity index (χ1n) is 8.79. The molecule has 28 heavy (non-hydrogen) atoms. The molecule has 0 spiro atoms. The van der Waals surface area contributed by atoms with Crippen LogP contribution in [-0.4, -0.2) is 26.4 Å². The Balaban J connectivity index is 1.71. The Morgan fingerprint density at radius 3 is 2.89 bits per heavy atom. The van der Waals surface area contributed by atoms with Crippen molar-refractivity contribution in [2.75, 3.05) is 11.1 Å². The zero-order valence-corrected chi connectivity index (χ0v) is 18.7. The number of carbonyl (C=O) groups excluding carboxylic acids is 1. The highest BCUT2D eigenvalue weighted by molar-refractivity contribution is 14.1. The first-order valence-corrected chi connectivity index (χ1v) is 10.9. The highest BCUT2D eigenvalue weighted by atomic mass is 127. The van der Waals surface area contributed by atoms with Crippen LogP contribution in [0.3, 0.4) is 0 Å². The zero-order valence-electron chi connectivity index (χ0n) is 15.7. The van der Waals surface area contributed by atoms with Crippen molar-refractivity contribution in [2.24, 2.45) is 0 Å². The fraction of sp³-hybridized carbons (Fsp3) is 0.250. The molecule has 0 fully saturated rings. The molecule has 1 aromatic carbocycles. The number of rotatable bonds is 8. The average molecular weight is 508 g/mol. The third-order valence-electron chi connectivity index (χ3n) is 4.01. The number of carbonyl (C=O) groups is 1. The Labute approximate surface area is 181 Å². The smallest absolute Gasteiger partial charge is 0.234 e. The van der Waals surface area contributed by atoms with Gasteiger partial charge in [0.25, 0.3) is 0 Å². The minimum atomic E-state index is -0.0826. The molecule has 8 heteroatoms. The van der Waals surface area contributed by atoms with Gasteiger partial charge in [-0.25, -0.2) is 0 Å². The largest absolute Gasteiger partial charge is 0.461 e. The van der Waals surface area contributed by atoms with E-state index in [0.29, 0.717) is 29.2 Å². The van der Waals surface area contributed by atoms with Crippen molar-refractivity contribution in [3.63, 3.8) is 0 Å². The highest BCUT2D eigenvalue weighted by Gasteiger charge is 2.17.